The highest BCUT2D eigenvalue weighted by Gasteiger charge is 1.92. The summed E-state index contributed by atoms with van der Waals surface area (Å²) in [4.78, 5) is 10.3. The fourth-order valence-electron chi connectivity index (χ4n) is 0.757. The Morgan fingerprint density at radius 2 is 2.25 bits per heavy atom. The van der Waals surface area contributed by atoms with Gasteiger partial charge in [-0.3, -0.25) is 4.79 Å². The molecule has 72 valence electrons. The molecule has 0 atom stereocenters. The molecule has 0 saturated heterocycles. The summed E-state index contributed by atoms with van der Waals surface area (Å²) in [5.74, 6) is -0.315. The third-order valence-corrected chi connectivity index (χ3v) is 1.29. The topological polar surface area (TPSA) is 64.3 Å². The van der Waals surface area contributed by atoms with E-state index in [-0.39, 0.29) is 12.5 Å². The van der Waals surface area contributed by atoms with E-state index >= 15 is 0 Å². The molecule has 0 unspecified atom stereocenters. The minimum absolute atomic E-state index is 0.258. The minimum Gasteiger partial charge on any atom is -0.381 e. The summed E-state index contributed by atoms with van der Waals surface area (Å²) in [7, 11) is 0. The number of hydrogen-bond donors (Lipinski definition) is 2. The summed E-state index contributed by atoms with van der Waals surface area (Å²) < 4.78 is 5.23. The first-order valence-corrected chi connectivity index (χ1v) is 4.34. The smallest absolute Gasteiger partial charge is 0.231 e. The van der Waals surface area contributed by atoms with Gasteiger partial charge in [0.15, 0.2) is 0 Å². The fraction of sp³-hybridized carbons (Fsp3) is 0.875. The molecule has 0 spiro atoms. The van der Waals surface area contributed by atoms with E-state index in [4.69, 9.17) is 10.5 Å². The molecule has 1 amide bonds. The van der Waals surface area contributed by atoms with E-state index in [9.17, 15) is 4.79 Å². The average Bonchev–Trinajstić information content (AvgIpc) is 2.02. The van der Waals surface area contributed by atoms with Crippen LogP contribution in [0.15, 0.2) is 0 Å². The molecule has 12 heavy (non-hydrogen) atoms. The van der Waals surface area contributed by atoms with Gasteiger partial charge in [0.25, 0.3) is 0 Å². The van der Waals surface area contributed by atoms with E-state index in [1.54, 1.807) is 0 Å². The molecule has 0 saturated carbocycles. The van der Waals surface area contributed by atoms with Gasteiger partial charge in [0.05, 0.1) is 6.54 Å². The molecular formula is C8H18N2O2. The Kier molecular flexibility index (Phi) is 8.05. The highest BCUT2D eigenvalue weighted by molar-refractivity contribution is 5.75. The van der Waals surface area contributed by atoms with Crippen molar-refractivity contribution in [2.24, 2.45) is 5.73 Å². The van der Waals surface area contributed by atoms with E-state index < -0.39 is 0 Å². The van der Waals surface area contributed by atoms with E-state index in [2.05, 4.69) is 12.2 Å². The first-order valence-electron chi connectivity index (χ1n) is 4.34. The summed E-state index contributed by atoms with van der Waals surface area (Å²) in [6.07, 6.45) is 1.97. The van der Waals surface area contributed by atoms with Crippen molar-refractivity contribution in [2.45, 2.75) is 19.8 Å². The Balaban J connectivity index is 2.86. The van der Waals surface area contributed by atoms with Crippen molar-refractivity contribution in [3.63, 3.8) is 0 Å². The van der Waals surface area contributed by atoms with Crippen LogP contribution in [0.5, 0.6) is 0 Å². The second-order valence-corrected chi connectivity index (χ2v) is 2.61. The van der Waals surface area contributed by atoms with Crippen molar-refractivity contribution in [3.05, 3.63) is 0 Å². The van der Waals surface area contributed by atoms with Gasteiger partial charge in [-0.15, -0.1) is 0 Å². The van der Waals surface area contributed by atoms with Gasteiger partial charge in [-0.1, -0.05) is 6.92 Å². The summed E-state index contributed by atoms with van der Waals surface area (Å²) in [5.41, 5.74) is 4.92. The molecule has 0 heterocycles. The standard InChI is InChI=1S/C8H18N2O2/c1-2-5-12-6-3-4-10-7-8(9)11/h10H,2-7H2,1H3,(H2,9,11). The van der Waals surface area contributed by atoms with E-state index in [1.165, 1.54) is 0 Å². The Morgan fingerprint density at radius 3 is 2.83 bits per heavy atom. The number of nitrogens with one attached hydrogen (secondary N) is 1. The molecule has 0 aliphatic rings. The van der Waals surface area contributed by atoms with Gasteiger partial charge in [-0.05, 0) is 19.4 Å². The highest BCUT2D eigenvalue weighted by Crippen LogP contribution is 1.83. The first-order chi connectivity index (χ1) is 5.77. The molecule has 0 aromatic carbocycles. The van der Waals surface area contributed by atoms with Crippen LogP contribution in [0, 0.1) is 0 Å². The van der Waals surface area contributed by atoms with Crippen LogP contribution in [0.3, 0.4) is 0 Å². The predicted molar refractivity (Wildman–Crippen MR) is 47.8 cm³/mol. The largest absolute Gasteiger partial charge is 0.381 e. The van der Waals surface area contributed by atoms with Crippen LogP contribution < -0.4 is 11.1 Å². The SMILES string of the molecule is CCCOCCCNCC(N)=O. The van der Waals surface area contributed by atoms with Crippen LogP contribution in [-0.2, 0) is 9.53 Å². The number of nitrogens with two attached hydrogens (primary N) is 1. The Bertz CT molecular complexity index is 118. The molecule has 3 N–H and O–H groups in total. The molecule has 4 heteroatoms. The third kappa shape index (κ3) is 9.39. The van der Waals surface area contributed by atoms with Gasteiger partial charge >= 0.3 is 0 Å². The van der Waals surface area contributed by atoms with Crippen LogP contribution in [0.2, 0.25) is 0 Å². The molecule has 0 aromatic rings. The molecule has 0 fully saturated rings. The number of carbonyl (C=O) groups excluding carboxylic acids is 1. The zero-order valence-corrected chi connectivity index (χ0v) is 7.64. The van der Waals surface area contributed by atoms with Gasteiger partial charge in [-0.25, -0.2) is 0 Å². The minimum atomic E-state index is -0.315. The predicted octanol–water partition coefficient (Wildman–Crippen LogP) is -0.122. The maximum Gasteiger partial charge on any atom is 0.231 e. The quantitative estimate of drug-likeness (QED) is 0.504. The molecular weight excluding hydrogens is 156 g/mol. The molecule has 0 aromatic heterocycles. The lowest BCUT2D eigenvalue weighted by Crippen LogP contribution is -2.29. The number of rotatable bonds is 8. The monoisotopic (exact) mass is 174 g/mol. The number of hydrogen-bond acceptors (Lipinski definition) is 3. The molecule has 0 bridgehead atoms. The van der Waals surface area contributed by atoms with Crippen molar-refractivity contribution >= 4 is 5.91 Å². The summed E-state index contributed by atoms with van der Waals surface area (Å²) in [6, 6.07) is 0. The second-order valence-electron chi connectivity index (χ2n) is 2.61. The van der Waals surface area contributed by atoms with Gasteiger partial charge in [-0.2, -0.15) is 0 Å². The van der Waals surface area contributed by atoms with Crippen LogP contribution in [0.1, 0.15) is 19.8 Å². The van der Waals surface area contributed by atoms with Gasteiger partial charge in [0.2, 0.25) is 5.91 Å². The maximum atomic E-state index is 10.3. The summed E-state index contributed by atoms with van der Waals surface area (Å²) in [6.45, 7) is 4.68. The van der Waals surface area contributed by atoms with Gasteiger partial charge in [0.1, 0.15) is 0 Å². The van der Waals surface area contributed by atoms with Crippen LogP contribution in [0.25, 0.3) is 0 Å². The van der Waals surface area contributed by atoms with E-state index in [1.807, 2.05) is 0 Å². The molecule has 0 rings (SSSR count). The van der Waals surface area contributed by atoms with Gasteiger partial charge in [0, 0.05) is 13.2 Å². The second kappa shape index (κ2) is 8.49. The number of primary amides is 1. The lowest BCUT2D eigenvalue weighted by Gasteiger charge is -2.02. The zero-order chi connectivity index (χ0) is 9.23. The molecule has 4 nitrogen and oxygen atoms in total. The molecule has 0 radical (unpaired) electrons. The van der Waals surface area contributed by atoms with Crippen LogP contribution in [0.4, 0.5) is 0 Å². The zero-order valence-electron chi connectivity index (χ0n) is 7.64. The maximum absolute atomic E-state index is 10.3. The van der Waals surface area contributed by atoms with Crippen molar-refractivity contribution < 1.29 is 9.53 Å². The van der Waals surface area contributed by atoms with E-state index in [0.29, 0.717) is 0 Å². The molecule has 0 aliphatic heterocycles. The van der Waals surface area contributed by atoms with Crippen LogP contribution >= 0.6 is 0 Å². The lowest BCUT2D eigenvalue weighted by molar-refractivity contribution is -0.117. The van der Waals surface area contributed by atoms with Crippen molar-refractivity contribution in [3.8, 4) is 0 Å². The number of amides is 1. The molecule has 0 aliphatic carbocycles. The van der Waals surface area contributed by atoms with E-state index in [0.717, 1.165) is 32.6 Å². The highest BCUT2D eigenvalue weighted by atomic mass is 16.5. The Hall–Kier alpha value is -0.610. The average molecular weight is 174 g/mol. The first kappa shape index (κ1) is 11.4. The summed E-state index contributed by atoms with van der Waals surface area (Å²) >= 11 is 0. The fourth-order valence-corrected chi connectivity index (χ4v) is 0.757. The number of carbonyl (C=O) groups is 1. The Morgan fingerprint density at radius 1 is 1.50 bits per heavy atom. The van der Waals surface area contributed by atoms with Crippen molar-refractivity contribution in [1.29, 1.82) is 0 Å². The van der Waals surface area contributed by atoms with Crippen molar-refractivity contribution in [1.82, 2.24) is 5.32 Å². The lowest BCUT2D eigenvalue weighted by atomic mass is 10.4. The van der Waals surface area contributed by atoms with Crippen LogP contribution in [-0.4, -0.2) is 32.2 Å². The Labute approximate surface area is 73.5 Å². The summed E-state index contributed by atoms with van der Waals surface area (Å²) in [5, 5.41) is 2.91. The van der Waals surface area contributed by atoms with Crippen molar-refractivity contribution in [2.75, 3.05) is 26.3 Å². The number of ether oxygens (including phenoxy) is 1. The normalized spacial score (nSPS) is 10.1. The van der Waals surface area contributed by atoms with Gasteiger partial charge < -0.3 is 15.8 Å². The third-order valence-electron chi connectivity index (χ3n) is 1.29.